The molecule has 2 aromatic carbocycles. The van der Waals surface area contributed by atoms with Crippen LogP contribution in [0.5, 0.6) is 11.5 Å². The molecule has 0 saturated heterocycles. The van der Waals surface area contributed by atoms with E-state index in [-0.39, 0.29) is 17.9 Å². The van der Waals surface area contributed by atoms with Crippen molar-refractivity contribution in [1.82, 2.24) is 0 Å². The van der Waals surface area contributed by atoms with E-state index in [4.69, 9.17) is 9.47 Å². The van der Waals surface area contributed by atoms with E-state index in [1.54, 1.807) is 6.08 Å². The lowest BCUT2D eigenvalue weighted by atomic mass is 10.1. The Bertz CT molecular complexity index is 694. The van der Waals surface area contributed by atoms with Crippen molar-refractivity contribution in [3.05, 3.63) is 71.5 Å². The molecule has 0 aromatic heterocycles. The monoisotopic (exact) mass is 346 g/mol. The van der Waals surface area contributed by atoms with Gasteiger partial charge in [0.2, 0.25) is 5.82 Å². The van der Waals surface area contributed by atoms with Gasteiger partial charge in [-0.05, 0) is 48.7 Å². The summed E-state index contributed by atoms with van der Waals surface area (Å²) in [6.07, 6.45) is 7.03. The molecule has 2 nitrogen and oxygen atoms in total. The molecule has 0 saturated carbocycles. The molecule has 0 aliphatic rings. The first kappa shape index (κ1) is 19.0. The molecule has 0 aliphatic heterocycles. The van der Waals surface area contributed by atoms with Gasteiger partial charge in [0.05, 0.1) is 6.26 Å². The molecule has 25 heavy (non-hydrogen) atoms. The Morgan fingerprint density at radius 3 is 2.36 bits per heavy atom. The normalized spacial score (nSPS) is 11.0. The molecule has 0 spiro atoms. The summed E-state index contributed by atoms with van der Waals surface area (Å²) < 4.78 is 38.9. The van der Waals surface area contributed by atoms with Crippen LogP contribution in [0.2, 0.25) is 0 Å². The minimum atomic E-state index is -0.999. The number of hydrogen-bond donors (Lipinski definition) is 0. The highest BCUT2D eigenvalue weighted by atomic mass is 19.2. The van der Waals surface area contributed by atoms with Crippen LogP contribution in [0.15, 0.2) is 48.7 Å². The van der Waals surface area contributed by atoms with Crippen LogP contribution < -0.4 is 9.47 Å². The minimum Gasteiger partial charge on any atom is -0.489 e. The number of aryl methyl sites for hydroxylation is 1. The second-order valence-electron chi connectivity index (χ2n) is 5.81. The van der Waals surface area contributed by atoms with Crippen molar-refractivity contribution in [1.29, 1.82) is 0 Å². The topological polar surface area (TPSA) is 18.5 Å². The lowest BCUT2D eigenvalue weighted by Gasteiger charge is -2.10. The zero-order valence-corrected chi connectivity index (χ0v) is 14.7. The third-order valence-corrected chi connectivity index (χ3v) is 3.73. The molecular formula is C21H24F2O2. The van der Waals surface area contributed by atoms with E-state index in [2.05, 4.69) is 6.92 Å². The van der Waals surface area contributed by atoms with Crippen LogP contribution >= 0.6 is 0 Å². The molecule has 0 radical (unpaired) electrons. The first-order valence-electron chi connectivity index (χ1n) is 8.66. The number of halogens is 2. The zero-order valence-electron chi connectivity index (χ0n) is 14.7. The van der Waals surface area contributed by atoms with Gasteiger partial charge in [-0.1, -0.05) is 38.8 Å². The second kappa shape index (κ2) is 9.82. The maximum atomic E-state index is 14.1. The quantitative estimate of drug-likeness (QED) is 0.504. The molecule has 0 bridgehead atoms. The number of benzene rings is 2. The smallest absolute Gasteiger partial charge is 0.201 e. The molecule has 0 amide bonds. The number of unbranched alkanes of at least 4 members (excludes halogenated alkanes) is 1. The Kier molecular flexibility index (Phi) is 7.45. The van der Waals surface area contributed by atoms with Crippen molar-refractivity contribution in [3.63, 3.8) is 0 Å². The highest BCUT2D eigenvalue weighted by Crippen LogP contribution is 2.24. The van der Waals surface area contributed by atoms with Crippen LogP contribution in [0.1, 0.15) is 44.2 Å². The number of allylic oxidation sites excluding steroid dienone is 1. The molecule has 0 aliphatic carbocycles. The third-order valence-electron chi connectivity index (χ3n) is 3.73. The van der Waals surface area contributed by atoms with Crippen molar-refractivity contribution >= 4 is 0 Å². The maximum Gasteiger partial charge on any atom is 0.201 e. The van der Waals surface area contributed by atoms with Crippen LogP contribution in [-0.2, 0) is 13.0 Å². The molecule has 2 rings (SSSR count). The third kappa shape index (κ3) is 5.59. The van der Waals surface area contributed by atoms with E-state index in [1.165, 1.54) is 24.0 Å². The van der Waals surface area contributed by atoms with Gasteiger partial charge in [0.15, 0.2) is 11.6 Å². The highest BCUT2D eigenvalue weighted by Gasteiger charge is 2.14. The Labute approximate surface area is 148 Å². The predicted molar refractivity (Wildman–Crippen MR) is 95.8 cm³/mol. The number of hydrogen-bond acceptors (Lipinski definition) is 2. The largest absolute Gasteiger partial charge is 0.489 e. The van der Waals surface area contributed by atoms with Crippen molar-refractivity contribution < 1.29 is 18.3 Å². The Balaban J connectivity index is 1.99. The van der Waals surface area contributed by atoms with Crippen LogP contribution in [0.25, 0.3) is 0 Å². The van der Waals surface area contributed by atoms with Gasteiger partial charge in [-0.25, -0.2) is 4.39 Å². The van der Waals surface area contributed by atoms with Gasteiger partial charge >= 0.3 is 0 Å². The van der Waals surface area contributed by atoms with E-state index < -0.39 is 11.6 Å². The zero-order chi connectivity index (χ0) is 18.1. The fourth-order valence-electron chi connectivity index (χ4n) is 2.33. The van der Waals surface area contributed by atoms with Crippen molar-refractivity contribution in [2.45, 2.75) is 46.1 Å². The van der Waals surface area contributed by atoms with Crippen LogP contribution in [0.4, 0.5) is 8.78 Å². The SMILES string of the molecule is CCC/C=C/Oc1ccc(COc2ccc(CCC)cc2)c(F)c1F. The first-order valence-corrected chi connectivity index (χ1v) is 8.66. The van der Waals surface area contributed by atoms with Crippen LogP contribution in [0.3, 0.4) is 0 Å². The summed E-state index contributed by atoms with van der Waals surface area (Å²) in [5, 5.41) is 0. The number of rotatable bonds is 9. The van der Waals surface area contributed by atoms with E-state index >= 15 is 0 Å². The van der Waals surface area contributed by atoms with Crippen LogP contribution in [-0.4, -0.2) is 0 Å². The van der Waals surface area contributed by atoms with E-state index in [9.17, 15) is 8.78 Å². The standard InChI is InChI=1S/C21H24F2O2/c1-3-5-6-14-24-19-13-10-17(20(22)21(19)23)15-25-18-11-8-16(7-4-2)9-12-18/h6,8-14H,3-5,7,15H2,1-2H3/b14-6+. The van der Waals surface area contributed by atoms with Crippen molar-refractivity contribution in [2.24, 2.45) is 0 Å². The predicted octanol–water partition coefficient (Wildman–Crippen LogP) is 6.19. The fourth-order valence-corrected chi connectivity index (χ4v) is 2.33. The molecule has 0 heterocycles. The van der Waals surface area contributed by atoms with E-state index in [0.717, 1.165) is 25.7 Å². The first-order chi connectivity index (χ1) is 12.2. The molecule has 0 N–H and O–H groups in total. The fraction of sp³-hybridized carbons (Fsp3) is 0.333. The minimum absolute atomic E-state index is 0.0398. The van der Waals surface area contributed by atoms with Gasteiger partial charge in [-0.2, -0.15) is 4.39 Å². The summed E-state index contributed by atoms with van der Waals surface area (Å²) >= 11 is 0. The van der Waals surface area contributed by atoms with Gasteiger partial charge in [-0.15, -0.1) is 0 Å². The van der Waals surface area contributed by atoms with E-state index in [1.807, 2.05) is 31.2 Å². The average molecular weight is 346 g/mol. The lowest BCUT2D eigenvalue weighted by molar-refractivity contribution is 0.295. The molecular weight excluding hydrogens is 322 g/mol. The molecule has 0 unspecified atom stereocenters. The lowest BCUT2D eigenvalue weighted by Crippen LogP contribution is -2.02. The molecule has 2 aromatic rings. The molecule has 0 fully saturated rings. The molecule has 4 heteroatoms. The Hall–Kier alpha value is -2.36. The summed E-state index contributed by atoms with van der Waals surface area (Å²) in [5.41, 5.74) is 1.38. The van der Waals surface area contributed by atoms with Crippen molar-refractivity contribution in [3.8, 4) is 11.5 Å². The van der Waals surface area contributed by atoms with Crippen molar-refractivity contribution in [2.75, 3.05) is 0 Å². The summed E-state index contributed by atoms with van der Waals surface area (Å²) in [5.74, 6) is -1.44. The molecule has 134 valence electrons. The van der Waals surface area contributed by atoms with E-state index in [0.29, 0.717) is 5.75 Å². The van der Waals surface area contributed by atoms with Gasteiger partial charge in [0.1, 0.15) is 12.4 Å². The Morgan fingerprint density at radius 2 is 1.68 bits per heavy atom. The maximum absolute atomic E-state index is 14.1. The Morgan fingerprint density at radius 1 is 0.920 bits per heavy atom. The summed E-state index contributed by atoms with van der Waals surface area (Å²) in [4.78, 5) is 0. The van der Waals surface area contributed by atoms with Gasteiger partial charge in [0.25, 0.3) is 0 Å². The summed E-state index contributed by atoms with van der Waals surface area (Å²) in [7, 11) is 0. The molecule has 0 atom stereocenters. The second-order valence-corrected chi connectivity index (χ2v) is 5.81. The van der Waals surface area contributed by atoms with Gasteiger partial charge < -0.3 is 9.47 Å². The number of ether oxygens (including phenoxy) is 2. The van der Waals surface area contributed by atoms with Crippen LogP contribution in [0, 0.1) is 11.6 Å². The summed E-state index contributed by atoms with van der Waals surface area (Å²) in [6, 6.07) is 10.5. The highest BCUT2D eigenvalue weighted by molar-refractivity contribution is 5.32. The van der Waals surface area contributed by atoms with Gasteiger partial charge in [0, 0.05) is 5.56 Å². The summed E-state index contributed by atoms with van der Waals surface area (Å²) in [6.45, 7) is 4.10. The average Bonchev–Trinajstić information content (AvgIpc) is 2.63. The van der Waals surface area contributed by atoms with Gasteiger partial charge in [-0.3, -0.25) is 0 Å².